The lowest BCUT2D eigenvalue weighted by molar-refractivity contribution is 0.0452. The lowest BCUT2D eigenvalue weighted by Gasteiger charge is -2.25. The molecule has 0 aromatic carbocycles. The van der Waals surface area contributed by atoms with Gasteiger partial charge in [0.25, 0.3) is 0 Å². The van der Waals surface area contributed by atoms with E-state index in [9.17, 15) is 0 Å². The van der Waals surface area contributed by atoms with E-state index in [0.29, 0.717) is 5.84 Å². The Labute approximate surface area is 67.0 Å². The van der Waals surface area contributed by atoms with Crippen LogP contribution in [-0.2, 0) is 4.74 Å². The topological polar surface area (TPSA) is 50.8 Å². The van der Waals surface area contributed by atoms with E-state index in [1.807, 2.05) is 0 Å². The van der Waals surface area contributed by atoms with Gasteiger partial charge in [0.1, 0.15) is 5.84 Å². The fourth-order valence-electron chi connectivity index (χ4n) is 1.06. The number of nitrogens with zero attached hydrogens (tertiary/aromatic N) is 2. The van der Waals surface area contributed by atoms with Crippen LogP contribution >= 0.6 is 0 Å². The summed E-state index contributed by atoms with van der Waals surface area (Å²) in [7, 11) is 1.72. The van der Waals surface area contributed by atoms with Crippen LogP contribution < -0.4 is 5.73 Å². The normalized spacial score (nSPS) is 22.1. The molecule has 64 valence electrons. The van der Waals surface area contributed by atoms with Gasteiger partial charge in [0.2, 0.25) is 0 Å². The first-order valence-electron chi connectivity index (χ1n) is 3.84. The molecule has 4 nitrogen and oxygen atoms in total. The molecule has 2 N–H and O–H groups in total. The van der Waals surface area contributed by atoms with Crippen molar-refractivity contribution in [3.63, 3.8) is 0 Å². The molecule has 1 rings (SSSR count). The molecular formula is C7H15N3O. The molecule has 0 spiro atoms. The minimum absolute atomic E-state index is 0.701. The molecule has 0 saturated carbocycles. The molecule has 0 radical (unpaired) electrons. The molecule has 11 heavy (non-hydrogen) atoms. The first-order valence-corrected chi connectivity index (χ1v) is 3.84. The lowest BCUT2D eigenvalue weighted by atomic mass is 10.4. The van der Waals surface area contributed by atoms with Gasteiger partial charge in [-0.15, -0.1) is 0 Å². The summed E-state index contributed by atoms with van der Waals surface area (Å²) < 4.78 is 5.19. The molecule has 1 fully saturated rings. The Hall–Kier alpha value is -0.610. The third kappa shape index (κ3) is 2.86. The Bertz CT molecular complexity index is 141. The van der Waals surface area contributed by atoms with Crippen LogP contribution in [0.2, 0.25) is 0 Å². The van der Waals surface area contributed by atoms with Crippen molar-refractivity contribution in [1.82, 2.24) is 4.90 Å². The van der Waals surface area contributed by atoms with Crippen molar-refractivity contribution in [1.29, 1.82) is 0 Å². The molecule has 0 amide bonds. The summed E-state index contributed by atoms with van der Waals surface area (Å²) in [6.45, 7) is 4.35. The molecule has 0 aromatic heterocycles. The third-order valence-corrected chi connectivity index (χ3v) is 1.78. The van der Waals surface area contributed by atoms with Crippen LogP contribution in [-0.4, -0.2) is 50.6 Å². The Morgan fingerprint density at radius 3 is 2.73 bits per heavy atom. The second-order valence-corrected chi connectivity index (χ2v) is 2.60. The molecule has 1 aliphatic heterocycles. The van der Waals surface area contributed by atoms with Crippen LogP contribution in [0.4, 0.5) is 0 Å². The molecule has 4 heteroatoms. The number of ether oxygens (including phenoxy) is 1. The number of morpholine rings is 1. The number of hydrogen-bond acceptors (Lipinski definition) is 3. The van der Waals surface area contributed by atoms with Gasteiger partial charge in [-0.05, 0) is 0 Å². The second kappa shape index (κ2) is 4.31. The maximum absolute atomic E-state index is 5.57. The minimum atomic E-state index is 0.701. The molecular weight excluding hydrogens is 142 g/mol. The van der Waals surface area contributed by atoms with E-state index in [0.717, 1.165) is 32.8 Å². The van der Waals surface area contributed by atoms with E-state index in [2.05, 4.69) is 9.89 Å². The predicted molar refractivity (Wildman–Crippen MR) is 44.8 cm³/mol. The maximum atomic E-state index is 5.57. The van der Waals surface area contributed by atoms with Gasteiger partial charge in [-0.3, -0.25) is 9.89 Å². The highest BCUT2D eigenvalue weighted by molar-refractivity contribution is 5.82. The Kier molecular flexibility index (Phi) is 3.32. The zero-order chi connectivity index (χ0) is 8.10. The van der Waals surface area contributed by atoms with Crippen molar-refractivity contribution in [2.45, 2.75) is 0 Å². The first kappa shape index (κ1) is 8.49. The SMILES string of the molecule is CN=C(N)CN1CCOCC1. The van der Waals surface area contributed by atoms with E-state index in [-0.39, 0.29) is 0 Å². The highest BCUT2D eigenvalue weighted by atomic mass is 16.5. The van der Waals surface area contributed by atoms with E-state index in [1.54, 1.807) is 7.05 Å². The van der Waals surface area contributed by atoms with Gasteiger partial charge in [0.05, 0.1) is 19.8 Å². The van der Waals surface area contributed by atoms with Crippen LogP contribution in [0.3, 0.4) is 0 Å². The van der Waals surface area contributed by atoms with E-state index in [4.69, 9.17) is 10.5 Å². The summed E-state index contributed by atoms with van der Waals surface area (Å²) in [5.41, 5.74) is 5.57. The van der Waals surface area contributed by atoms with Crippen LogP contribution in [0.5, 0.6) is 0 Å². The van der Waals surface area contributed by atoms with E-state index >= 15 is 0 Å². The number of amidine groups is 1. The van der Waals surface area contributed by atoms with E-state index in [1.165, 1.54) is 0 Å². The van der Waals surface area contributed by atoms with Crippen molar-refractivity contribution in [3.05, 3.63) is 0 Å². The standard InChI is InChI=1S/C7H15N3O/c1-9-7(8)6-10-2-4-11-5-3-10/h2-6H2,1H3,(H2,8,9). The quantitative estimate of drug-likeness (QED) is 0.426. The zero-order valence-corrected chi connectivity index (χ0v) is 6.92. The number of aliphatic imine (C=N–C) groups is 1. The van der Waals surface area contributed by atoms with Gasteiger partial charge in [-0.25, -0.2) is 0 Å². The Morgan fingerprint density at radius 2 is 2.18 bits per heavy atom. The molecule has 0 unspecified atom stereocenters. The smallest absolute Gasteiger partial charge is 0.108 e. The molecule has 1 aliphatic rings. The molecule has 0 bridgehead atoms. The average molecular weight is 157 g/mol. The largest absolute Gasteiger partial charge is 0.386 e. The third-order valence-electron chi connectivity index (χ3n) is 1.78. The van der Waals surface area contributed by atoms with Gasteiger partial charge in [0.15, 0.2) is 0 Å². The Morgan fingerprint density at radius 1 is 1.55 bits per heavy atom. The van der Waals surface area contributed by atoms with Gasteiger partial charge in [-0.1, -0.05) is 0 Å². The van der Waals surface area contributed by atoms with Crippen LogP contribution in [0.25, 0.3) is 0 Å². The first-order chi connectivity index (χ1) is 5.33. The summed E-state index contributed by atoms with van der Waals surface area (Å²) in [4.78, 5) is 6.14. The number of rotatable bonds is 2. The maximum Gasteiger partial charge on any atom is 0.108 e. The molecule has 0 aromatic rings. The monoisotopic (exact) mass is 157 g/mol. The van der Waals surface area contributed by atoms with Crippen molar-refractivity contribution >= 4 is 5.84 Å². The van der Waals surface area contributed by atoms with E-state index < -0.39 is 0 Å². The molecule has 0 aliphatic carbocycles. The summed E-state index contributed by atoms with van der Waals surface area (Å²) in [6.07, 6.45) is 0. The van der Waals surface area contributed by atoms with Crippen LogP contribution in [0.15, 0.2) is 4.99 Å². The van der Waals surface area contributed by atoms with Crippen molar-refractivity contribution in [2.75, 3.05) is 39.9 Å². The molecule has 0 atom stereocenters. The highest BCUT2D eigenvalue weighted by Crippen LogP contribution is 1.94. The van der Waals surface area contributed by atoms with Gasteiger partial charge in [-0.2, -0.15) is 0 Å². The lowest BCUT2D eigenvalue weighted by Crippen LogP contribution is -2.41. The number of nitrogens with two attached hydrogens (primary N) is 1. The molecule has 1 heterocycles. The zero-order valence-electron chi connectivity index (χ0n) is 6.92. The summed E-state index contributed by atoms with van der Waals surface area (Å²) in [5.74, 6) is 0.701. The summed E-state index contributed by atoms with van der Waals surface area (Å²) in [5, 5.41) is 0. The fraction of sp³-hybridized carbons (Fsp3) is 0.857. The van der Waals surface area contributed by atoms with Gasteiger partial charge in [0, 0.05) is 20.1 Å². The minimum Gasteiger partial charge on any atom is -0.386 e. The van der Waals surface area contributed by atoms with Gasteiger partial charge >= 0.3 is 0 Å². The predicted octanol–water partition coefficient (Wildman–Crippen LogP) is -0.694. The number of hydrogen-bond donors (Lipinski definition) is 1. The van der Waals surface area contributed by atoms with Crippen molar-refractivity contribution in [3.8, 4) is 0 Å². The van der Waals surface area contributed by atoms with Crippen molar-refractivity contribution < 1.29 is 4.74 Å². The summed E-state index contributed by atoms with van der Waals surface area (Å²) >= 11 is 0. The van der Waals surface area contributed by atoms with Crippen LogP contribution in [0, 0.1) is 0 Å². The Balaban J connectivity index is 2.24. The fourth-order valence-corrected chi connectivity index (χ4v) is 1.06. The molecule has 1 saturated heterocycles. The van der Waals surface area contributed by atoms with Crippen LogP contribution in [0.1, 0.15) is 0 Å². The average Bonchev–Trinajstić information content (AvgIpc) is 2.06. The highest BCUT2D eigenvalue weighted by Gasteiger charge is 2.10. The van der Waals surface area contributed by atoms with Gasteiger partial charge < -0.3 is 10.5 Å². The van der Waals surface area contributed by atoms with Crippen molar-refractivity contribution in [2.24, 2.45) is 10.7 Å². The second-order valence-electron chi connectivity index (χ2n) is 2.60. The summed E-state index contributed by atoms with van der Waals surface area (Å²) in [6, 6.07) is 0.